The highest BCUT2D eigenvalue weighted by molar-refractivity contribution is 5.85. The van der Waals surface area contributed by atoms with Gasteiger partial charge in [-0.15, -0.1) is 17.5 Å². The molecule has 1 atom stereocenters. The first-order valence-corrected chi connectivity index (χ1v) is 8.68. The molecule has 0 bridgehead atoms. The van der Waals surface area contributed by atoms with Gasteiger partial charge in [0.05, 0.1) is 23.5 Å². The Balaban J connectivity index is 0.00000225. The molecular formula is C18H26ClN5O. The van der Waals surface area contributed by atoms with Crippen LogP contribution in [0.15, 0.2) is 30.3 Å². The largest absolute Gasteiger partial charge is 0.356 e. The lowest BCUT2D eigenvalue weighted by Crippen LogP contribution is -2.33. The Morgan fingerprint density at radius 1 is 1.36 bits per heavy atom. The van der Waals surface area contributed by atoms with Crippen LogP contribution in [0.2, 0.25) is 0 Å². The first kappa shape index (κ1) is 19.4. The molecule has 1 unspecified atom stereocenters. The Hall–Kier alpha value is -1.92. The summed E-state index contributed by atoms with van der Waals surface area (Å²) in [6, 6.07) is 9.84. The number of nitrogens with one attached hydrogen (secondary N) is 2. The van der Waals surface area contributed by atoms with Crippen LogP contribution in [0.25, 0.3) is 5.69 Å². The molecule has 6 nitrogen and oxygen atoms in total. The van der Waals surface area contributed by atoms with E-state index in [0.29, 0.717) is 5.92 Å². The van der Waals surface area contributed by atoms with Crippen LogP contribution in [0.5, 0.6) is 0 Å². The zero-order valence-electron chi connectivity index (χ0n) is 14.6. The number of hydrogen-bond donors (Lipinski definition) is 2. The van der Waals surface area contributed by atoms with Crippen LogP contribution in [0, 0.1) is 12.8 Å². The normalized spacial score (nSPS) is 16.9. The van der Waals surface area contributed by atoms with E-state index in [0.717, 1.165) is 43.1 Å². The third-order valence-electron chi connectivity index (χ3n) is 4.59. The van der Waals surface area contributed by atoms with Crippen molar-refractivity contribution in [3.05, 3.63) is 41.7 Å². The summed E-state index contributed by atoms with van der Waals surface area (Å²) in [5, 5.41) is 14.8. The average Bonchev–Trinajstić information content (AvgIpc) is 2.97. The molecule has 7 heteroatoms. The summed E-state index contributed by atoms with van der Waals surface area (Å²) in [6.45, 7) is 4.87. The second kappa shape index (κ2) is 9.53. The molecule has 0 saturated carbocycles. The van der Waals surface area contributed by atoms with Gasteiger partial charge >= 0.3 is 0 Å². The summed E-state index contributed by atoms with van der Waals surface area (Å²) in [5.74, 6) is 0.696. The van der Waals surface area contributed by atoms with E-state index in [1.165, 1.54) is 12.8 Å². The molecule has 1 amide bonds. The third kappa shape index (κ3) is 5.28. The van der Waals surface area contributed by atoms with Gasteiger partial charge in [-0.25, -0.2) is 4.68 Å². The molecule has 0 spiro atoms. The molecule has 0 aliphatic carbocycles. The molecule has 1 aliphatic rings. The maximum Gasteiger partial charge on any atom is 0.226 e. The summed E-state index contributed by atoms with van der Waals surface area (Å²) in [6.07, 6.45) is 3.81. The van der Waals surface area contributed by atoms with E-state index in [2.05, 4.69) is 20.9 Å². The lowest BCUT2D eigenvalue weighted by Gasteiger charge is -2.22. The number of carbonyl (C=O) groups excluding carboxylic acids is 1. The van der Waals surface area contributed by atoms with Gasteiger partial charge in [0.15, 0.2) is 0 Å². The van der Waals surface area contributed by atoms with Crippen molar-refractivity contribution < 1.29 is 4.79 Å². The zero-order valence-corrected chi connectivity index (χ0v) is 15.4. The van der Waals surface area contributed by atoms with Crippen LogP contribution in [-0.2, 0) is 11.2 Å². The summed E-state index contributed by atoms with van der Waals surface area (Å²) >= 11 is 0. The van der Waals surface area contributed by atoms with Crippen molar-refractivity contribution in [2.24, 2.45) is 5.92 Å². The minimum Gasteiger partial charge on any atom is -0.356 e. The van der Waals surface area contributed by atoms with Gasteiger partial charge in [-0.1, -0.05) is 23.4 Å². The molecule has 3 rings (SSSR count). The topological polar surface area (TPSA) is 71.8 Å². The van der Waals surface area contributed by atoms with Crippen molar-refractivity contribution in [1.82, 2.24) is 25.6 Å². The van der Waals surface area contributed by atoms with E-state index in [1.807, 2.05) is 37.3 Å². The highest BCUT2D eigenvalue weighted by Gasteiger charge is 2.15. The standard InChI is InChI=1S/C18H25N5O.ClH/c1-14-17(21-22-23(14)16-7-3-2-4-8-16)12-18(24)20-11-9-15-6-5-10-19-13-15;/h2-4,7-8,15,19H,5-6,9-13H2,1H3,(H,20,24);1H. The van der Waals surface area contributed by atoms with Crippen molar-refractivity contribution in [2.75, 3.05) is 19.6 Å². The van der Waals surface area contributed by atoms with E-state index in [-0.39, 0.29) is 24.7 Å². The molecular weight excluding hydrogens is 338 g/mol. The number of hydrogen-bond acceptors (Lipinski definition) is 4. The highest BCUT2D eigenvalue weighted by Crippen LogP contribution is 2.14. The van der Waals surface area contributed by atoms with E-state index in [9.17, 15) is 4.79 Å². The monoisotopic (exact) mass is 363 g/mol. The number of para-hydroxylation sites is 1. The van der Waals surface area contributed by atoms with E-state index in [1.54, 1.807) is 4.68 Å². The van der Waals surface area contributed by atoms with Gasteiger partial charge < -0.3 is 10.6 Å². The van der Waals surface area contributed by atoms with Crippen molar-refractivity contribution in [3.8, 4) is 5.69 Å². The molecule has 1 aromatic heterocycles. The van der Waals surface area contributed by atoms with Crippen LogP contribution in [0.3, 0.4) is 0 Å². The highest BCUT2D eigenvalue weighted by atomic mass is 35.5. The Labute approximate surface area is 154 Å². The fourth-order valence-electron chi connectivity index (χ4n) is 3.14. The summed E-state index contributed by atoms with van der Waals surface area (Å²) in [7, 11) is 0. The van der Waals surface area contributed by atoms with Gasteiger partial charge in [0.1, 0.15) is 0 Å². The summed E-state index contributed by atoms with van der Waals surface area (Å²) in [5.41, 5.74) is 2.60. The number of halogens is 1. The molecule has 136 valence electrons. The van der Waals surface area contributed by atoms with Crippen molar-refractivity contribution in [1.29, 1.82) is 0 Å². The smallest absolute Gasteiger partial charge is 0.226 e. The van der Waals surface area contributed by atoms with Gasteiger partial charge in [-0.3, -0.25) is 4.79 Å². The number of piperidine rings is 1. The van der Waals surface area contributed by atoms with Gasteiger partial charge in [-0.2, -0.15) is 0 Å². The molecule has 1 fully saturated rings. The first-order chi connectivity index (χ1) is 11.7. The molecule has 1 saturated heterocycles. The molecule has 0 radical (unpaired) electrons. The lowest BCUT2D eigenvalue weighted by atomic mass is 9.96. The van der Waals surface area contributed by atoms with Crippen molar-refractivity contribution in [3.63, 3.8) is 0 Å². The summed E-state index contributed by atoms with van der Waals surface area (Å²) < 4.78 is 1.77. The van der Waals surface area contributed by atoms with E-state index in [4.69, 9.17) is 0 Å². The molecule has 2 aromatic rings. The minimum atomic E-state index is 0. The van der Waals surface area contributed by atoms with E-state index >= 15 is 0 Å². The molecule has 25 heavy (non-hydrogen) atoms. The fourth-order valence-corrected chi connectivity index (χ4v) is 3.14. The van der Waals surface area contributed by atoms with Gasteiger partial charge in [-0.05, 0) is 57.3 Å². The number of amides is 1. The van der Waals surface area contributed by atoms with Gasteiger partial charge in [0.25, 0.3) is 0 Å². The van der Waals surface area contributed by atoms with Crippen LogP contribution in [0.1, 0.15) is 30.7 Å². The number of benzene rings is 1. The fraction of sp³-hybridized carbons (Fsp3) is 0.500. The Kier molecular flexibility index (Phi) is 7.40. The van der Waals surface area contributed by atoms with Gasteiger partial charge in [0.2, 0.25) is 5.91 Å². The maximum atomic E-state index is 12.1. The van der Waals surface area contributed by atoms with E-state index < -0.39 is 0 Å². The lowest BCUT2D eigenvalue weighted by molar-refractivity contribution is -0.120. The van der Waals surface area contributed by atoms with Gasteiger partial charge in [0, 0.05) is 6.54 Å². The Morgan fingerprint density at radius 2 is 2.16 bits per heavy atom. The van der Waals surface area contributed by atoms with Crippen LogP contribution in [-0.4, -0.2) is 40.5 Å². The maximum absolute atomic E-state index is 12.1. The third-order valence-corrected chi connectivity index (χ3v) is 4.59. The average molecular weight is 364 g/mol. The number of carbonyl (C=O) groups is 1. The van der Waals surface area contributed by atoms with Crippen molar-refractivity contribution >= 4 is 18.3 Å². The minimum absolute atomic E-state index is 0. The molecule has 2 heterocycles. The second-order valence-corrected chi connectivity index (χ2v) is 6.40. The Bertz CT molecular complexity index is 667. The van der Waals surface area contributed by atoms with Crippen molar-refractivity contribution in [2.45, 2.75) is 32.6 Å². The first-order valence-electron chi connectivity index (χ1n) is 8.68. The zero-order chi connectivity index (χ0) is 16.8. The van der Waals surface area contributed by atoms with Crippen LogP contribution >= 0.6 is 12.4 Å². The SMILES string of the molecule is Cc1c(CC(=O)NCCC2CCCNC2)nnn1-c1ccccc1.Cl. The summed E-state index contributed by atoms with van der Waals surface area (Å²) in [4.78, 5) is 12.1. The molecule has 1 aromatic carbocycles. The molecule has 2 N–H and O–H groups in total. The predicted octanol–water partition coefficient (Wildman–Crippen LogP) is 2.05. The number of rotatable bonds is 6. The number of aromatic nitrogens is 3. The van der Waals surface area contributed by atoms with Crippen LogP contribution < -0.4 is 10.6 Å². The Morgan fingerprint density at radius 3 is 2.88 bits per heavy atom. The predicted molar refractivity (Wildman–Crippen MR) is 100 cm³/mol. The van der Waals surface area contributed by atoms with Crippen LogP contribution in [0.4, 0.5) is 0 Å². The number of nitrogens with zero attached hydrogens (tertiary/aromatic N) is 3. The molecule has 1 aliphatic heterocycles. The quantitative estimate of drug-likeness (QED) is 0.823. The second-order valence-electron chi connectivity index (χ2n) is 6.40.